The van der Waals surface area contributed by atoms with Gasteiger partial charge in [-0.05, 0) is 48.0 Å². The first-order valence-corrected chi connectivity index (χ1v) is 9.13. The number of amides is 2. The second-order valence-corrected chi connectivity index (χ2v) is 6.80. The van der Waals surface area contributed by atoms with E-state index >= 15 is 0 Å². The smallest absolute Gasteiger partial charge is 0.265 e. The summed E-state index contributed by atoms with van der Waals surface area (Å²) in [6.45, 7) is 0.260. The van der Waals surface area contributed by atoms with Gasteiger partial charge in [-0.15, -0.1) is 0 Å². The van der Waals surface area contributed by atoms with Crippen LogP contribution in [0, 0.1) is 0 Å². The number of para-hydroxylation sites is 1. The van der Waals surface area contributed by atoms with E-state index in [0.29, 0.717) is 34.2 Å². The van der Waals surface area contributed by atoms with E-state index < -0.39 is 6.10 Å². The topological polar surface area (TPSA) is 80.6 Å². The van der Waals surface area contributed by atoms with Crippen LogP contribution in [-0.2, 0) is 17.8 Å². The molecule has 0 fully saturated rings. The molecule has 1 atom stereocenters. The molecule has 142 valence electrons. The summed E-state index contributed by atoms with van der Waals surface area (Å²) < 4.78 is 10.9. The average molecular weight is 397 g/mol. The molecule has 6 nitrogen and oxygen atoms in total. The number of anilines is 1. The standard InChI is InChI=1S/C21H17ClN2O4/c22-14-7-8-18-13(10-14)11-19(28-18)21(26)24-17-6-2-1-5-16(17)20(25)23-12-15-4-3-9-27-15/h1-10,19H,11-12H2,(H,23,25)(H,24,26)/t19-/m1/s1. The van der Waals surface area contributed by atoms with Crippen molar-refractivity contribution in [1.82, 2.24) is 5.32 Å². The molecule has 0 bridgehead atoms. The zero-order valence-corrected chi connectivity index (χ0v) is 15.5. The average Bonchev–Trinajstić information content (AvgIpc) is 3.35. The van der Waals surface area contributed by atoms with Gasteiger partial charge in [0.2, 0.25) is 0 Å². The number of ether oxygens (including phenoxy) is 1. The fourth-order valence-corrected chi connectivity index (χ4v) is 3.24. The Morgan fingerprint density at radius 1 is 1.11 bits per heavy atom. The van der Waals surface area contributed by atoms with Crippen molar-refractivity contribution in [3.63, 3.8) is 0 Å². The Labute approximate surface area is 166 Å². The Bertz CT molecular complexity index is 1020. The van der Waals surface area contributed by atoms with Crippen LogP contribution < -0.4 is 15.4 Å². The third-order valence-corrected chi connectivity index (χ3v) is 4.66. The second-order valence-electron chi connectivity index (χ2n) is 6.36. The fourth-order valence-electron chi connectivity index (χ4n) is 3.04. The highest BCUT2D eigenvalue weighted by atomic mass is 35.5. The first-order valence-electron chi connectivity index (χ1n) is 8.76. The number of furan rings is 1. The maximum Gasteiger partial charge on any atom is 0.265 e. The van der Waals surface area contributed by atoms with Crippen molar-refractivity contribution in [2.75, 3.05) is 5.32 Å². The molecule has 2 N–H and O–H groups in total. The lowest BCUT2D eigenvalue weighted by Gasteiger charge is -2.14. The molecule has 0 radical (unpaired) electrons. The summed E-state index contributed by atoms with van der Waals surface area (Å²) in [4.78, 5) is 25.2. The Morgan fingerprint density at radius 2 is 1.96 bits per heavy atom. The molecule has 1 aliphatic heterocycles. The monoisotopic (exact) mass is 396 g/mol. The van der Waals surface area contributed by atoms with Crippen LogP contribution in [-0.4, -0.2) is 17.9 Å². The molecule has 0 spiro atoms. The van der Waals surface area contributed by atoms with Crippen LogP contribution in [0.25, 0.3) is 0 Å². The first-order chi connectivity index (χ1) is 13.6. The van der Waals surface area contributed by atoms with Crippen LogP contribution >= 0.6 is 11.6 Å². The molecule has 4 rings (SSSR count). The summed E-state index contributed by atoms with van der Waals surface area (Å²) in [6, 6.07) is 15.6. The van der Waals surface area contributed by atoms with Crippen molar-refractivity contribution < 1.29 is 18.7 Å². The minimum Gasteiger partial charge on any atom is -0.480 e. The number of halogens is 1. The largest absolute Gasteiger partial charge is 0.480 e. The lowest BCUT2D eigenvalue weighted by molar-refractivity contribution is -0.122. The lowest BCUT2D eigenvalue weighted by Crippen LogP contribution is -2.32. The molecule has 2 heterocycles. The third-order valence-electron chi connectivity index (χ3n) is 4.42. The lowest BCUT2D eigenvalue weighted by atomic mass is 10.1. The maximum atomic E-state index is 12.7. The van der Waals surface area contributed by atoms with E-state index in [4.69, 9.17) is 20.8 Å². The summed E-state index contributed by atoms with van der Waals surface area (Å²) in [7, 11) is 0. The highest BCUT2D eigenvalue weighted by molar-refractivity contribution is 6.30. The van der Waals surface area contributed by atoms with Gasteiger partial charge >= 0.3 is 0 Å². The highest BCUT2D eigenvalue weighted by Crippen LogP contribution is 2.31. The van der Waals surface area contributed by atoms with Crippen LogP contribution in [0.2, 0.25) is 5.02 Å². The van der Waals surface area contributed by atoms with Gasteiger partial charge in [0.1, 0.15) is 11.5 Å². The molecule has 0 aliphatic carbocycles. The molecule has 1 aliphatic rings. The summed E-state index contributed by atoms with van der Waals surface area (Å²) in [5.41, 5.74) is 1.67. The second kappa shape index (κ2) is 7.78. The Morgan fingerprint density at radius 3 is 2.79 bits per heavy atom. The predicted octanol–water partition coefficient (Wildman–Crippen LogP) is 3.81. The zero-order valence-electron chi connectivity index (χ0n) is 14.8. The van der Waals surface area contributed by atoms with Crippen molar-refractivity contribution in [3.8, 4) is 5.75 Å². The van der Waals surface area contributed by atoms with Crippen molar-refractivity contribution in [2.45, 2.75) is 19.1 Å². The number of nitrogens with one attached hydrogen (secondary N) is 2. The van der Waals surface area contributed by atoms with E-state index in [9.17, 15) is 9.59 Å². The van der Waals surface area contributed by atoms with Crippen molar-refractivity contribution >= 4 is 29.1 Å². The third kappa shape index (κ3) is 3.87. The number of fused-ring (bicyclic) bond motifs is 1. The van der Waals surface area contributed by atoms with E-state index in [1.54, 1.807) is 60.9 Å². The Balaban J connectivity index is 1.44. The number of carbonyl (C=O) groups is 2. The van der Waals surface area contributed by atoms with Gasteiger partial charge < -0.3 is 19.8 Å². The summed E-state index contributed by atoms with van der Waals surface area (Å²) in [6.07, 6.45) is 1.30. The number of hydrogen-bond acceptors (Lipinski definition) is 4. The zero-order chi connectivity index (χ0) is 19.5. The first kappa shape index (κ1) is 18.1. The van der Waals surface area contributed by atoms with Gasteiger partial charge in [-0.1, -0.05) is 23.7 Å². The summed E-state index contributed by atoms with van der Waals surface area (Å²) in [5, 5.41) is 6.17. The molecular formula is C21H17ClN2O4. The van der Waals surface area contributed by atoms with Crippen LogP contribution in [0.5, 0.6) is 5.75 Å². The summed E-state index contributed by atoms with van der Waals surface area (Å²) >= 11 is 6.00. The van der Waals surface area contributed by atoms with Crippen LogP contribution in [0.4, 0.5) is 5.69 Å². The molecule has 0 saturated carbocycles. The van der Waals surface area contributed by atoms with Crippen molar-refractivity contribution in [1.29, 1.82) is 0 Å². The molecule has 7 heteroatoms. The summed E-state index contributed by atoms with van der Waals surface area (Å²) in [5.74, 6) is 0.660. The van der Waals surface area contributed by atoms with E-state index in [1.165, 1.54) is 0 Å². The van der Waals surface area contributed by atoms with Crippen LogP contribution in [0.15, 0.2) is 65.3 Å². The van der Waals surface area contributed by atoms with Gasteiger partial charge in [0.05, 0.1) is 24.1 Å². The molecule has 0 unspecified atom stereocenters. The molecule has 3 aromatic rings. The molecule has 28 heavy (non-hydrogen) atoms. The maximum absolute atomic E-state index is 12.7. The number of rotatable bonds is 5. The van der Waals surface area contributed by atoms with Crippen molar-refractivity contribution in [3.05, 3.63) is 82.8 Å². The highest BCUT2D eigenvalue weighted by Gasteiger charge is 2.30. The van der Waals surface area contributed by atoms with Gasteiger partial charge in [-0.2, -0.15) is 0 Å². The van der Waals surface area contributed by atoms with E-state index in [0.717, 1.165) is 5.56 Å². The van der Waals surface area contributed by atoms with Gasteiger partial charge in [-0.3, -0.25) is 9.59 Å². The fraction of sp³-hybridized carbons (Fsp3) is 0.143. The number of hydrogen-bond donors (Lipinski definition) is 2. The Hall–Kier alpha value is -3.25. The van der Waals surface area contributed by atoms with Crippen LogP contribution in [0.3, 0.4) is 0 Å². The van der Waals surface area contributed by atoms with E-state index in [-0.39, 0.29) is 18.4 Å². The minimum absolute atomic E-state index is 0.260. The van der Waals surface area contributed by atoms with E-state index in [1.807, 2.05) is 0 Å². The molecular weight excluding hydrogens is 380 g/mol. The number of carbonyl (C=O) groups excluding carboxylic acids is 2. The minimum atomic E-state index is -0.673. The normalized spacial score (nSPS) is 14.8. The molecule has 0 saturated heterocycles. The Kier molecular flexibility index (Phi) is 5.04. The SMILES string of the molecule is O=C(NCc1ccco1)c1ccccc1NC(=O)[C@H]1Cc2cc(Cl)ccc2O1. The molecule has 2 amide bonds. The molecule has 1 aromatic heterocycles. The quantitative estimate of drug-likeness (QED) is 0.687. The van der Waals surface area contributed by atoms with E-state index in [2.05, 4.69) is 10.6 Å². The van der Waals surface area contributed by atoms with Crippen molar-refractivity contribution in [2.24, 2.45) is 0 Å². The predicted molar refractivity (Wildman–Crippen MR) is 105 cm³/mol. The van der Waals surface area contributed by atoms with Gasteiger partial charge in [0.15, 0.2) is 6.10 Å². The molecule has 2 aromatic carbocycles. The number of benzene rings is 2. The van der Waals surface area contributed by atoms with Gasteiger partial charge in [0, 0.05) is 11.4 Å². The van der Waals surface area contributed by atoms with Gasteiger partial charge in [-0.25, -0.2) is 0 Å². The van der Waals surface area contributed by atoms with Crippen LogP contribution in [0.1, 0.15) is 21.7 Å². The van der Waals surface area contributed by atoms with Gasteiger partial charge in [0.25, 0.3) is 11.8 Å².